The van der Waals surface area contributed by atoms with Crippen LogP contribution < -0.4 is 5.32 Å². The lowest BCUT2D eigenvalue weighted by Gasteiger charge is -2.31. The van der Waals surface area contributed by atoms with Gasteiger partial charge >= 0.3 is 0 Å². The van der Waals surface area contributed by atoms with Gasteiger partial charge in [-0.05, 0) is 25.0 Å². The molecule has 0 spiro atoms. The molecule has 1 aromatic heterocycles. The fourth-order valence-corrected chi connectivity index (χ4v) is 2.30. The molecule has 1 heterocycles. The minimum absolute atomic E-state index is 0.277. The maximum absolute atomic E-state index is 8.68. The van der Waals surface area contributed by atoms with Gasteiger partial charge in [-0.15, -0.1) is 0 Å². The standard InChI is InChI=1S/C13H17N3O/c1-17-13-5-3-2-4-12(13)16-11-7-6-10(8-14)15-9-11/h6-7,9,12-13,16H,2-5H2,1H3. The van der Waals surface area contributed by atoms with Crippen LogP contribution in [0.1, 0.15) is 31.4 Å². The van der Waals surface area contributed by atoms with E-state index in [1.54, 1.807) is 19.4 Å². The summed E-state index contributed by atoms with van der Waals surface area (Å²) in [5, 5.41) is 12.1. The molecular formula is C13H17N3O. The van der Waals surface area contributed by atoms with Gasteiger partial charge in [-0.25, -0.2) is 4.98 Å². The molecular weight excluding hydrogens is 214 g/mol. The summed E-state index contributed by atoms with van der Waals surface area (Å²) in [6, 6.07) is 5.99. The van der Waals surface area contributed by atoms with Gasteiger partial charge in [0.25, 0.3) is 0 Å². The van der Waals surface area contributed by atoms with E-state index in [2.05, 4.69) is 10.3 Å². The molecule has 2 atom stereocenters. The first kappa shape index (κ1) is 11.9. The first-order valence-electron chi connectivity index (χ1n) is 5.99. The maximum Gasteiger partial charge on any atom is 0.140 e. The van der Waals surface area contributed by atoms with Crippen molar-refractivity contribution in [1.82, 2.24) is 4.98 Å². The molecule has 17 heavy (non-hydrogen) atoms. The Balaban J connectivity index is 2.01. The summed E-state index contributed by atoms with van der Waals surface area (Å²) in [4.78, 5) is 4.05. The van der Waals surface area contributed by atoms with Crippen molar-refractivity contribution in [2.45, 2.75) is 37.8 Å². The Labute approximate surface area is 102 Å². The van der Waals surface area contributed by atoms with E-state index < -0.39 is 0 Å². The van der Waals surface area contributed by atoms with Crippen LogP contribution in [-0.2, 0) is 4.74 Å². The molecule has 1 fully saturated rings. The van der Waals surface area contributed by atoms with Gasteiger partial charge in [0.2, 0.25) is 0 Å². The smallest absolute Gasteiger partial charge is 0.140 e. The number of rotatable bonds is 3. The predicted octanol–water partition coefficient (Wildman–Crippen LogP) is 2.32. The molecule has 90 valence electrons. The number of hydrogen-bond acceptors (Lipinski definition) is 4. The second-order valence-electron chi connectivity index (χ2n) is 4.35. The summed E-state index contributed by atoms with van der Waals surface area (Å²) in [5.41, 5.74) is 1.40. The van der Waals surface area contributed by atoms with Crippen molar-refractivity contribution in [3.8, 4) is 6.07 Å². The average Bonchev–Trinajstić information content (AvgIpc) is 2.40. The Bertz CT molecular complexity index is 396. The van der Waals surface area contributed by atoms with Crippen molar-refractivity contribution in [1.29, 1.82) is 5.26 Å². The number of methoxy groups -OCH3 is 1. The Morgan fingerprint density at radius 3 is 2.88 bits per heavy atom. The van der Waals surface area contributed by atoms with E-state index in [-0.39, 0.29) is 6.10 Å². The summed E-state index contributed by atoms with van der Waals surface area (Å²) in [5.74, 6) is 0. The fraction of sp³-hybridized carbons (Fsp3) is 0.538. The zero-order valence-electron chi connectivity index (χ0n) is 10.0. The molecule has 0 aromatic carbocycles. The van der Waals surface area contributed by atoms with Crippen LogP contribution in [0.4, 0.5) is 5.69 Å². The Kier molecular flexibility index (Phi) is 3.94. The lowest BCUT2D eigenvalue weighted by Crippen LogP contribution is -2.37. The highest BCUT2D eigenvalue weighted by Crippen LogP contribution is 2.23. The molecule has 0 amide bonds. The van der Waals surface area contributed by atoms with Gasteiger partial charge in [0.05, 0.1) is 24.0 Å². The predicted molar refractivity (Wildman–Crippen MR) is 65.6 cm³/mol. The van der Waals surface area contributed by atoms with E-state index in [0.717, 1.165) is 18.5 Å². The van der Waals surface area contributed by atoms with Crippen molar-refractivity contribution < 1.29 is 4.74 Å². The van der Waals surface area contributed by atoms with Gasteiger partial charge in [-0.3, -0.25) is 0 Å². The van der Waals surface area contributed by atoms with Gasteiger partial charge in [-0.1, -0.05) is 12.8 Å². The minimum Gasteiger partial charge on any atom is -0.379 e. The number of pyridine rings is 1. The van der Waals surface area contributed by atoms with Crippen LogP contribution in [0, 0.1) is 11.3 Å². The number of nitrogens with zero attached hydrogens (tertiary/aromatic N) is 2. The van der Waals surface area contributed by atoms with Gasteiger partial charge in [-0.2, -0.15) is 5.26 Å². The van der Waals surface area contributed by atoms with Crippen molar-refractivity contribution >= 4 is 5.69 Å². The average molecular weight is 231 g/mol. The number of nitriles is 1. The maximum atomic E-state index is 8.68. The molecule has 0 saturated heterocycles. The summed E-state index contributed by atoms with van der Waals surface area (Å²) >= 11 is 0. The van der Waals surface area contributed by atoms with Crippen LogP contribution in [0.3, 0.4) is 0 Å². The van der Waals surface area contributed by atoms with Crippen LogP contribution in [0.25, 0.3) is 0 Å². The highest BCUT2D eigenvalue weighted by atomic mass is 16.5. The summed E-state index contributed by atoms with van der Waals surface area (Å²) in [6.07, 6.45) is 6.69. The van der Waals surface area contributed by atoms with Crippen LogP contribution in [-0.4, -0.2) is 24.2 Å². The third-order valence-electron chi connectivity index (χ3n) is 3.24. The lowest BCUT2D eigenvalue weighted by molar-refractivity contribution is 0.0606. The zero-order valence-corrected chi connectivity index (χ0v) is 10.0. The summed E-state index contributed by atoms with van der Waals surface area (Å²) in [6.45, 7) is 0. The molecule has 0 aliphatic heterocycles. The molecule has 2 unspecified atom stereocenters. The van der Waals surface area contributed by atoms with Gasteiger partial charge in [0.15, 0.2) is 0 Å². The molecule has 1 N–H and O–H groups in total. The van der Waals surface area contributed by atoms with E-state index in [1.807, 2.05) is 12.1 Å². The Morgan fingerprint density at radius 1 is 1.41 bits per heavy atom. The SMILES string of the molecule is COC1CCCCC1Nc1ccc(C#N)nc1. The first-order chi connectivity index (χ1) is 8.33. The number of ether oxygens (including phenoxy) is 1. The Hall–Kier alpha value is -1.60. The molecule has 1 aliphatic rings. The topological polar surface area (TPSA) is 57.9 Å². The van der Waals surface area contributed by atoms with Gasteiger partial charge in [0.1, 0.15) is 11.8 Å². The second-order valence-corrected chi connectivity index (χ2v) is 4.35. The Morgan fingerprint density at radius 2 is 2.24 bits per heavy atom. The molecule has 4 heteroatoms. The van der Waals surface area contributed by atoms with Gasteiger partial charge in [0, 0.05) is 7.11 Å². The highest BCUT2D eigenvalue weighted by Gasteiger charge is 2.24. The van der Waals surface area contributed by atoms with Crippen LogP contribution in [0.5, 0.6) is 0 Å². The quantitative estimate of drug-likeness (QED) is 0.867. The molecule has 1 aliphatic carbocycles. The molecule has 1 saturated carbocycles. The highest BCUT2D eigenvalue weighted by molar-refractivity contribution is 5.43. The van der Waals surface area contributed by atoms with E-state index >= 15 is 0 Å². The summed E-state index contributed by atoms with van der Waals surface area (Å²) in [7, 11) is 1.77. The monoisotopic (exact) mass is 231 g/mol. The molecule has 0 radical (unpaired) electrons. The number of nitrogens with one attached hydrogen (secondary N) is 1. The van der Waals surface area contributed by atoms with Crippen molar-refractivity contribution in [2.75, 3.05) is 12.4 Å². The zero-order chi connectivity index (χ0) is 12.1. The van der Waals surface area contributed by atoms with Crippen LogP contribution >= 0.6 is 0 Å². The van der Waals surface area contributed by atoms with E-state index in [1.165, 1.54) is 12.8 Å². The third kappa shape index (κ3) is 2.95. The minimum atomic E-state index is 0.277. The van der Waals surface area contributed by atoms with Crippen molar-refractivity contribution in [2.24, 2.45) is 0 Å². The van der Waals surface area contributed by atoms with Crippen LogP contribution in [0.15, 0.2) is 18.3 Å². The van der Waals surface area contributed by atoms with E-state index in [0.29, 0.717) is 11.7 Å². The molecule has 4 nitrogen and oxygen atoms in total. The van der Waals surface area contributed by atoms with E-state index in [9.17, 15) is 0 Å². The number of anilines is 1. The van der Waals surface area contributed by atoms with Crippen molar-refractivity contribution in [3.05, 3.63) is 24.0 Å². The van der Waals surface area contributed by atoms with E-state index in [4.69, 9.17) is 10.00 Å². The number of hydrogen-bond donors (Lipinski definition) is 1. The number of aromatic nitrogens is 1. The lowest BCUT2D eigenvalue weighted by atomic mass is 9.92. The summed E-state index contributed by atoms with van der Waals surface area (Å²) < 4.78 is 5.49. The third-order valence-corrected chi connectivity index (χ3v) is 3.24. The van der Waals surface area contributed by atoms with Crippen molar-refractivity contribution in [3.63, 3.8) is 0 Å². The first-order valence-corrected chi connectivity index (χ1v) is 5.99. The molecule has 0 bridgehead atoms. The van der Waals surface area contributed by atoms with Crippen LogP contribution in [0.2, 0.25) is 0 Å². The molecule has 1 aromatic rings. The second kappa shape index (κ2) is 5.65. The largest absolute Gasteiger partial charge is 0.379 e. The van der Waals surface area contributed by atoms with Gasteiger partial charge < -0.3 is 10.1 Å². The normalized spacial score (nSPS) is 24.0. The fourth-order valence-electron chi connectivity index (χ4n) is 2.30. The molecule has 2 rings (SSSR count).